The third-order valence-corrected chi connectivity index (χ3v) is 5.45. The number of nitrogens with zero attached hydrogens (tertiary/aromatic N) is 2. The predicted octanol–water partition coefficient (Wildman–Crippen LogP) is 0.215. The molecule has 2 heterocycles. The average Bonchev–Trinajstić information content (AvgIpc) is 2.76. The Morgan fingerprint density at radius 3 is 2.90 bits per heavy atom. The Morgan fingerprint density at radius 2 is 2.25 bits per heavy atom. The third-order valence-electron chi connectivity index (χ3n) is 3.18. The quantitative estimate of drug-likeness (QED) is 0.806. The van der Waals surface area contributed by atoms with E-state index in [4.69, 9.17) is 0 Å². The number of rotatable bonds is 5. The zero-order valence-electron chi connectivity index (χ0n) is 11.3. The van der Waals surface area contributed by atoms with Crippen molar-refractivity contribution in [3.63, 3.8) is 0 Å². The maximum Gasteiger partial charge on any atom is 0.271 e. The molecule has 0 aliphatic carbocycles. The second-order valence-corrected chi connectivity index (χ2v) is 7.06. The van der Waals surface area contributed by atoms with Gasteiger partial charge in [-0.15, -0.1) is 0 Å². The van der Waals surface area contributed by atoms with Gasteiger partial charge in [-0.2, -0.15) is 0 Å². The number of nitrogens with one attached hydrogen (secondary N) is 2. The van der Waals surface area contributed by atoms with Crippen LogP contribution in [-0.4, -0.2) is 48.4 Å². The lowest BCUT2D eigenvalue weighted by Gasteiger charge is -2.10. The van der Waals surface area contributed by atoms with Crippen LogP contribution < -0.4 is 10.6 Å². The Labute approximate surface area is 118 Å². The van der Waals surface area contributed by atoms with Gasteiger partial charge in [-0.05, 0) is 19.8 Å². The fourth-order valence-electron chi connectivity index (χ4n) is 2.13. The first-order valence-electron chi connectivity index (χ1n) is 6.58. The summed E-state index contributed by atoms with van der Waals surface area (Å²) in [5, 5.41) is 5.11. The summed E-state index contributed by atoms with van der Waals surface area (Å²) in [5.74, 6) is 0.330. The van der Waals surface area contributed by atoms with Crippen molar-refractivity contribution in [2.45, 2.75) is 25.0 Å². The van der Waals surface area contributed by atoms with Gasteiger partial charge in [-0.1, -0.05) is 0 Å². The van der Waals surface area contributed by atoms with E-state index in [1.54, 1.807) is 0 Å². The van der Waals surface area contributed by atoms with Crippen LogP contribution in [0, 0.1) is 0 Å². The van der Waals surface area contributed by atoms with Crippen molar-refractivity contribution >= 4 is 21.6 Å². The third kappa shape index (κ3) is 3.44. The topological polar surface area (TPSA) is 101 Å². The van der Waals surface area contributed by atoms with E-state index < -0.39 is 21.0 Å². The molecule has 1 unspecified atom stereocenters. The molecule has 8 heteroatoms. The maximum atomic E-state index is 11.9. The number of sulfone groups is 1. The standard InChI is InChI=1S/C12H18N4O3S/c1-2-14-11-8-13-7-10(16-11)12(17)15-6-9-4-3-5-20(9,18)19/h7-9H,2-6H2,1H3,(H,14,16)(H,15,17). The molecule has 20 heavy (non-hydrogen) atoms. The number of carbonyl (C=O) groups excluding carboxylic acids is 1. The molecule has 1 aliphatic heterocycles. The minimum absolute atomic E-state index is 0.133. The van der Waals surface area contributed by atoms with Crippen LogP contribution in [0.3, 0.4) is 0 Å². The zero-order chi connectivity index (χ0) is 14.6. The predicted molar refractivity (Wildman–Crippen MR) is 75.3 cm³/mol. The van der Waals surface area contributed by atoms with Gasteiger partial charge in [-0.3, -0.25) is 9.78 Å². The minimum Gasteiger partial charge on any atom is -0.369 e. The summed E-state index contributed by atoms with van der Waals surface area (Å²) in [7, 11) is -3.04. The highest BCUT2D eigenvalue weighted by atomic mass is 32.2. The van der Waals surface area contributed by atoms with Crippen LogP contribution >= 0.6 is 0 Å². The molecule has 2 rings (SSSR count). The number of anilines is 1. The van der Waals surface area contributed by atoms with Gasteiger partial charge in [0.05, 0.1) is 23.4 Å². The fourth-order valence-corrected chi connectivity index (χ4v) is 3.89. The Morgan fingerprint density at radius 1 is 1.45 bits per heavy atom. The van der Waals surface area contributed by atoms with Crippen LogP contribution in [0.4, 0.5) is 5.82 Å². The molecule has 7 nitrogen and oxygen atoms in total. The Bertz CT molecular complexity index is 588. The molecule has 1 atom stereocenters. The number of hydrogen-bond acceptors (Lipinski definition) is 6. The summed E-state index contributed by atoms with van der Waals surface area (Å²) in [6, 6.07) is 0. The lowest BCUT2D eigenvalue weighted by Crippen LogP contribution is -2.35. The highest BCUT2D eigenvalue weighted by Crippen LogP contribution is 2.19. The molecule has 1 aromatic heterocycles. The van der Waals surface area contributed by atoms with Gasteiger partial charge in [0, 0.05) is 13.1 Å². The Kier molecular flexibility index (Phi) is 4.53. The molecule has 0 aromatic carbocycles. The molecule has 1 aliphatic rings. The molecular weight excluding hydrogens is 280 g/mol. The Hall–Kier alpha value is -1.70. The molecule has 1 saturated heterocycles. The van der Waals surface area contributed by atoms with Crippen molar-refractivity contribution in [1.29, 1.82) is 0 Å². The number of hydrogen-bond donors (Lipinski definition) is 2. The summed E-state index contributed by atoms with van der Waals surface area (Å²) in [5.41, 5.74) is 0.179. The minimum atomic E-state index is -3.04. The molecular formula is C12H18N4O3S. The summed E-state index contributed by atoms with van der Waals surface area (Å²) >= 11 is 0. The van der Waals surface area contributed by atoms with Crippen LogP contribution in [0.2, 0.25) is 0 Å². The van der Waals surface area contributed by atoms with Gasteiger partial charge in [-0.25, -0.2) is 13.4 Å². The van der Waals surface area contributed by atoms with Gasteiger partial charge in [0.1, 0.15) is 11.5 Å². The van der Waals surface area contributed by atoms with E-state index in [2.05, 4.69) is 20.6 Å². The van der Waals surface area contributed by atoms with E-state index in [1.165, 1.54) is 12.4 Å². The van der Waals surface area contributed by atoms with Crippen LogP contribution in [0.1, 0.15) is 30.3 Å². The molecule has 0 saturated carbocycles. The second kappa shape index (κ2) is 6.17. The normalized spacial score (nSPS) is 20.6. The van der Waals surface area contributed by atoms with Gasteiger partial charge in [0.15, 0.2) is 9.84 Å². The summed E-state index contributed by atoms with van der Waals surface area (Å²) in [4.78, 5) is 20.0. The molecule has 0 radical (unpaired) electrons. The van der Waals surface area contributed by atoms with E-state index in [-0.39, 0.29) is 18.0 Å². The first-order chi connectivity index (χ1) is 9.53. The number of carbonyl (C=O) groups is 1. The van der Waals surface area contributed by atoms with Crippen molar-refractivity contribution in [3.05, 3.63) is 18.1 Å². The molecule has 0 bridgehead atoms. The second-order valence-electron chi connectivity index (χ2n) is 4.66. The largest absolute Gasteiger partial charge is 0.369 e. The monoisotopic (exact) mass is 298 g/mol. The van der Waals surface area contributed by atoms with E-state index in [0.717, 1.165) is 0 Å². The molecule has 1 aromatic rings. The first kappa shape index (κ1) is 14.7. The van der Waals surface area contributed by atoms with E-state index in [1.807, 2.05) is 6.92 Å². The molecule has 1 fully saturated rings. The van der Waals surface area contributed by atoms with Crippen molar-refractivity contribution in [3.8, 4) is 0 Å². The van der Waals surface area contributed by atoms with Gasteiger partial charge >= 0.3 is 0 Å². The highest BCUT2D eigenvalue weighted by Gasteiger charge is 2.31. The molecule has 0 spiro atoms. The summed E-state index contributed by atoms with van der Waals surface area (Å²) in [6.07, 6.45) is 4.16. The van der Waals surface area contributed by atoms with Crippen molar-refractivity contribution < 1.29 is 13.2 Å². The summed E-state index contributed by atoms with van der Waals surface area (Å²) in [6.45, 7) is 2.73. The SMILES string of the molecule is CCNc1cncc(C(=O)NCC2CCCS2(=O)=O)n1. The number of aromatic nitrogens is 2. The van der Waals surface area contributed by atoms with Gasteiger partial charge in [0.25, 0.3) is 5.91 Å². The van der Waals surface area contributed by atoms with E-state index >= 15 is 0 Å². The van der Waals surface area contributed by atoms with Crippen LogP contribution in [0.15, 0.2) is 12.4 Å². The highest BCUT2D eigenvalue weighted by molar-refractivity contribution is 7.92. The molecule has 110 valence electrons. The fraction of sp³-hybridized carbons (Fsp3) is 0.583. The molecule has 2 N–H and O–H groups in total. The van der Waals surface area contributed by atoms with Gasteiger partial charge in [0.2, 0.25) is 0 Å². The van der Waals surface area contributed by atoms with E-state index in [9.17, 15) is 13.2 Å². The van der Waals surface area contributed by atoms with Crippen molar-refractivity contribution in [2.24, 2.45) is 0 Å². The van der Waals surface area contributed by atoms with Crippen LogP contribution in [-0.2, 0) is 9.84 Å². The summed E-state index contributed by atoms with van der Waals surface area (Å²) < 4.78 is 23.3. The lowest BCUT2D eigenvalue weighted by atomic mass is 10.2. The maximum absolute atomic E-state index is 11.9. The van der Waals surface area contributed by atoms with Crippen LogP contribution in [0.25, 0.3) is 0 Å². The lowest BCUT2D eigenvalue weighted by molar-refractivity contribution is 0.0948. The molecule has 1 amide bonds. The van der Waals surface area contributed by atoms with Crippen LogP contribution in [0.5, 0.6) is 0 Å². The zero-order valence-corrected chi connectivity index (χ0v) is 12.1. The van der Waals surface area contributed by atoms with Crippen molar-refractivity contribution in [2.75, 3.05) is 24.2 Å². The van der Waals surface area contributed by atoms with E-state index in [0.29, 0.717) is 25.2 Å². The van der Waals surface area contributed by atoms with Gasteiger partial charge < -0.3 is 10.6 Å². The first-order valence-corrected chi connectivity index (χ1v) is 8.30. The number of amides is 1. The smallest absolute Gasteiger partial charge is 0.271 e. The van der Waals surface area contributed by atoms with Crippen molar-refractivity contribution in [1.82, 2.24) is 15.3 Å². The Balaban J connectivity index is 1.96. The average molecular weight is 298 g/mol.